The van der Waals surface area contributed by atoms with Gasteiger partial charge in [-0.3, -0.25) is 9.48 Å². The van der Waals surface area contributed by atoms with E-state index in [9.17, 15) is 4.79 Å². The monoisotopic (exact) mass is 324 g/mol. The van der Waals surface area contributed by atoms with Gasteiger partial charge in [0.05, 0.1) is 36.4 Å². The van der Waals surface area contributed by atoms with Crippen LogP contribution in [0.4, 0.5) is 5.69 Å². The van der Waals surface area contributed by atoms with E-state index in [0.717, 1.165) is 18.7 Å². The van der Waals surface area contributed by atoms with Crippen LogP contribution in [-0.4, -0.2) is 43.9 Å². The van der Waals surface area contributed by atoms with E-state index in [1.165, 1.54) is 11.0 Å². The molecule has 1 aliphatic rings. The SMILES string of the molecule is O=C(Nc1cnn(C2CCOC2)c1)c1cnn(-c2ccccc2)n1. The molecule has 2 aromatic heterocycles. The van der Waals surface area contributed by atoms with Crippen LogP contribution in [0.15, 0.2) is 48.9 Å². The summed E-state index contributed by atoms with van der Waals surface area (Å²) >= 11 is 0. The first-order valence-corrected chi connectivity index (χ1v) is 7.70. The molecule has 0 bridgehead atoms. The number of rotatable bonds is 4. The van der Waals surface area contributed by atoms with E-state index in [0.29, 0.717) is 12.3 Å². The fourth-order valence-electron chi connectivity index (χ4n) is 2.58. The summed E-state index contributed by atoms with van der Waals surface area (Å²) in [4.78, 5) is 13.7. The van der Waals surface area contributed by atoms with Gasteiger partial charge in [-0.1, -0.05) is 18.2 Å². The number of nitrogens with zero attached hydrogens (tertiary/aromatic N) is 5. The van der Waals surface area contributed by atoms with Crippen molar-refractivity contribution >= 4 is 11.6 Å². The van der Waals surface area contributed by atoms with Gasteiger partial charge in [-0.05, 0) is 18.6 Å². The summed E-state index contributed by atoms with van der Waals surface area (Å²) in [6.07, 6.45) is 5.80. The van der Waals surface area contributed by atoms with Crippen LogP contribution in [0.25, 0.3) is 5.69 Å². The summed E-state index contributed by atoms with van der Waals surface area (Å²) in [5.41, 5.74) is 1.67. The van der Waals surface area contributed by atoms with E-state index < -0.39 is 0 Å². The zero-order valence-corrected chi connectivity index (χ0v) is 12.9. The van der Waals surface area contributed by atoms with E-state index in [1.807, 2.05) is 35.0 Å². The summed E-state index contributed by atoms with van der Waals surface area (Å²) in [6.45, 7) is 1.40. The third-order valence-corrected chi connectivity index (χ3v) is 3.85. The van der Waals surface area contributed by atoms with Gasteiger partial charge in [0.2, 0.25) is 0 Å². The second-order valence-corrected chi connectivity index (χ2v) is 5.54. The molecule has 8 nitrogen and oxygen atoms in total. The molecule has 24 heavy (non-hydrogen) atoms. The van der Waals surface area contributed by atoms with E-state index in [2.05, 4.69) is 20.6 Å². The Labute approximate surface area is 138 Å². The largest absolute Gasteiger partial charge is 0.379 e. The first kappa shape index (κ1) is 14.6. The Morgan fingerprint density at radius 3 is 2.88 bits per heavy atom. The molecule has 4 rings (SSSR count). The molecule has 8 heteroatoms. The number of anilines is 1. The first-order valence-electron chi connectivity index (χ1n) is 7.70. The molecule has 0 radical (unpaired) electrons. The van der Waals surface area contributed by atoms with Gasteiger partial charge in [-0.2, -0.15) is 15.0 Å². The van der Waals surface area contributed by atoms with Crippen molar-refractivity contribution in [2.24, 2.45) is 0 Å². The number of amides is 1. The van der Waals surface area contributed by atoms with Crippen molar-refractivity contribution in [1.82, 2.24) is 24.8 Å². The van der Waals surface area contributed by atoms with E-state index >= 15 is 0 Å². The minimum atomic E-state index is -0.320. The van der Waals surface area contributed by atoms with Crippen molar-refractivity contribution in [1.29, 1.82) is 0 Å². The maximum Gasteiger partial charge on any atom is 0.277 e. The molecule has 1 atom stereocenters. The summed E-state index contributed by atoms with van der Waals surface area (Å²) < 4.78 is 7.17. The quantitative estimate of drug-likeness (QED) is 0.789. The number of hydrogen-bond donors (Lipinski definition) is 1. The molecule has 0 aliphatic carbocycles. The number of aromatic nitrogens is 5. The molecule has 122 valence electrons. The number of carbonyl (C=O) groups is 1. The van der Waals surface area contributed by atoms with Gasteiger partial charge in [0.25, 0.3) is 5.91 Å². The highest BCUT2D eigenvalue weighted by Gasteiger charge is 2.19. The summed E-state index contributed by atoms with van der Waals surface area (Å²) in [5.74, 6) is -0.320. The molecule has 1 N–H and O–H groups in total. The fraction of sp³-hybridized carbons (Fsp3) is 0.250. The lowest BCUT2D eigenvalue weighted by molar-refractivity contribution is 0.102. The number of para-hydroxylation sites is 1. The standard InChI is InChI=1S/C16H16N6O2/c23-16(15-9-18-22(20-15)13-4-2-1-3-5-13)19-12-8-17-21(10-12)14-6-7-24-11-14/h1-5,8-10,14H,6-7,11H2,(H,19,23). The van der Waals surface area contributed by atoms with Gasteiger partial charge in [-0.25, -0.2) is 0 Å². The lowest BCUT2D eigenvalue weighted by Gasteiger charge is -2.06. The van der Waals surface area contributed by atoms with E-state index in [4.69, 9.17) is 4.74 Å². The predicted octanol–water partition coefficient (Wildman–Crippen LogP) is 1.68. The van der Waals surface area contributed by atoms with Crippen LogP contribution >= 0.6 is 0 Å². The molecule has 1 unspecified atom stereocenters. The van der Waals surface area contributed by atoms with Crippen LogP contribution in [-0.2, 0) is 4.74 Å². The maximum atomic E-state index is 12.3. The predicted molar refractivity (Wildman–Crippen MR) is 86.0 cm³/mol. The zero-order valence-electron chi connectivity index (χ0n) is 12.9. The fourth-order valence-corrected chi connectivity index (χ4v) is 2.58. The number of nitrogens with one attached hydrogen (secondary N) is 1. The Bertz CT molecular complexity index is 835. The smallest absolute Gasteiger partial charge is 0.277 e. The van der Waals surface area contributed by atoms with Crippen LogP contribution in [0.5, 0.6) is 0 Å². The highest BCUT2D eigenvalue weighted by molar-refractivity contribution is 6.02. The highest BCUT2D eigenvalue weighted by atomic mass is 16.5. The van der Waals surface area contributed by atoms with Gasteiger partial charge in [-0.15, -0.1) is 5.10 Å². The highest BCUT2D eigenvalue weighted by Crippen LogP contribution is 2.19. The Morgan fingerprint density at radius 1 is 1.21 bits per heavy atom. The number of hydrogen-bond acceptors (Lipinski definition) is 5. The van der Waals surface area contributed by atoms with E-state index in [-0.39, 0.29) is 17.6 Å². The Balaban J connectivity index is 1.46. The van der Waals surface area contributed by atoms with Crippen LogP contribution < -0.4 is 5.32 Å². The van der Waals surface area contributed by atoms with Crippen molar-refractivity contribution in [3.63, 3.8) is 0 Å². The number of benzene rings is 1. The van der Waals surface area contributed by atoms with Gasteiger partial charge in [0, 0.05) is 12.8 Å². The van der Waals surface area contributed by atoms with Crippen LogP contribution in [0, 0.1) is 0 Å². The molecule has 1 aliphatic heterocycles. The van der Waals surface area contributed by atoms with Crippen molar-refractivity contribution in [2.75, 3.05) is 18.5 Å². The minimum absolute atomic E-state index is 0.231. The lowest BCUT2D eigenvalue weighted by atomic mass is 10.3. The third-order valence-electron chi connectivity index (χ3n) is 3.85. The lowest BCUT2D eigenvalue weighted by Crippen LogP contribution is -2.13. The Morgan fingerprint density at radius 2 is 2.08 bits per heavy atom. The average molecular weight is 324 g/mol. The second kappa shape index (κ2) is 6.25. The van der Waals surface area contributed by atoms with Crippen molar-refractivity contribution in [3.8, 4) is 5.69 Å². The van der Waals surface area contributed by atoms with Gasteiger partial charge in [0.15, 0.2) is 5.69 Å². The van der Waals surface area contributed by atoms with Crippen molar-refractivity contribution in [2.45, 2.75) is 12.5 Å². The van der Waals surface area contributed by atoms with Crippen LogP contribution in [0.3, 0.4) is 0 Å². The minimum Gasteiger partial charge on any atom is -0.379 e. The van der Waals surface area contributed by atoms with Crippen molar-refractivity contribution < 1.29 is 9.53 Å². The van der Waals surface area contributed by atoms with E-state index in [1.54, 1.807) is 12.4 Å². The molecule has 3 aromatic rings. The number of carbonyl (C=O) groups excluding carboxylic acids is 1. The summed E-state index contributed by atoms with van der Waals surface area (Å²) in [6, 6.07) is 9.66. The third kappa shape index (κ3) is 2.91. The molecule has 0 spiro atoms. The Hall–Kier alpha value is -3.00. The Kier molecular flexibility index (Phi) is 3.80. The number of ether oxygens (including phenoxy) is 1. The molecule has 1 aromatic carbocycles. The summed E-state index contributed by atoms with van der Waals surface area (Å²) in [7, 11) is 0. The topological polar surface area (TPSA) is 86.9 Å². The van der Waals surface area contributed by atoms with Crippen LogP contribution in [0.2, 0.25) is 0 Å². The maximum absolute atomic E-state index is 12.3. The average Bonchev–Trinajstić information content (AvgIpc) is 3.36. The molecule has 1 fully saturated rings. The molecule has 3 heterocycles. The summed E-state index contributed by atoms with van der Waals surface area (Å²) in [5, 5.41) is 15.4. The second-order valence-electron chi connectivity index (χ2n) is 5.54. The van der Waals surface area contributed by atoms with Gasteiger partial charge in [0.1, 0.15) is 0 Å². The molecule has 1 saturated heterocycles. The molecule has 1 amide bonds. The van der Waals surface area contributed by atoms with Gasteiger partial charge >= 0.3 is 0 Å². The van der Waals surface area contributed by atoms with Gasteiger partial charge < -0.3 is 10.1 Å². The normalized spacial score (nSPS) is 17.1. The molecule has 0 saturated carbocycles. The van der Waals surface area contributed by atoms with Crippen molar-refractivity contribution in [3.05, 3.63) is 54.6 Å². The molecular weight excluding hydrogens is 308 g/mol. The molecular formula is C16H16N6O2. The zero-order chi connectivity index (χ0) is 16.4. The van der Waals surface area contributed by atoms with Crippen LogP contribution in [0.1, 0.15) is 23.0 Å². The first-order chi connectivity index (χ1) is 11.8.